The Kier molecular flexibility index (Phi) is 5.26. The molecule has 1 rings (SSSR count). The molecule has 0 aliphatic heterocycles. The minimum Gasteiger partial charge on any atom is -0.350 e. The highest BCUT2D eigenvalue weighted by atomic mass is 15.0. The van der Waals surface area contributed by atoms with Crippen LogP contribution in [0.1, 0.15) is 53.2 Å². The monoisotopic (exact) mass is 236 g/mol. The highest BCUT2D eigenvalue weighted by molar-refractivity contribution is 5.07. The Morgan fingerprint density at radius 2 is 2.06 bits per heavy atom. The van der Waals surface area contributed by atoms with Gasteiger partial charge in [-0.15, -0.1) is 0 Å². The van der Waals surface area contributed by atoms with Crippen molar-refractivity contribution in [3.8, 4) is 0 Å². The maximum atomic E-state index is 3.55. The lowest BCUT2D eigenvalue weighted by atomic mass is 10.1. The van der Waals surface area contributed by atoms with Crippen molar-refractivity contribution < 1.29 is 0 Å². The van der Waals surface area contributed by atoms with E-state index in [4.69, 9.17) is 0 Å². The van der Waals surface area contributed by atoms with Crippen molar-refractivity contribution in [1.29, 1.82) is 0 Å². The van der Waals surface area contributed by atoms with Crippen LogP contribution in [0.25, 0.3) is 0 Å². The molecule has 0 radical (unpaired) electrons. The van der Waals surface area contributed by atoms with Crippen molar-refractivity contribution in [2.75, 3.05) is 0 Å². The van der Waals surface area contributed by atoms with E-state index < -0.39 is 0 Å². The first-order chi connectivity index (χ1) is 7.92. The summed E-state index contributed by atoms with van der Waals surface area (Å²) in [6.07, 6.45) is 4.79. The summed E-state index contributed by atoms with van der Waals surface area (Å²) in [6.45, 7) is 13.3. The quantitative estimate of drug-likeness (QED) is 0.794. The molecule has 0 aliphatic rings. The fourth-order valence-electron chi connectivity index (χ4n) is 2.06. The molecule has 0 amide bonds. The summed E-state index contributed by atoms with van der Waals surface area (Å²) in [5, 5.41) is 3.55. The van der Waals surface area contributed by atoms with E-state index in [2.05, 4.69) is 62.8 Å². The first-order valence-electron chi connectivity index (χ1n) is 6.81. The van der Waals surface area contributed by atoms with Gasteiger partial charge in [0.1, 0.15) is 0 Å². The Balaban J connectivity index is 2.54. The molecule has 0 fully saturated rings. The largest absolute Gasteiger partial charge is 0.350 e. The summed E-state index contributed by atoms with van der Waals surface area (Å²) in [6, 6.07) is 4.37. The zero-order valence-corrected chi connectivity index (χ0v) is 12.1. The summed E-state index contributed by atoms with van der Waals surface area (Å²) >= 11 is 0. The first-order valence-corrected chi connectivity index (χ1v) is 6.81. The minimum atomic E-state index is 0.185. The molecule has 1 aromatic rings. The molecule has 1 N–H and O–H groups in total. The molecular formula is C15H28N2. The van der Waals surface area contributed by atoms with Gasteiger partial charge < -0.3 is 9.88 Å². The van der Waals surface area contributed by atoms with Crippen molar-refractivity contribution in [3.63, 3.8) is 0 Å². The Morgan fingerprint density at radius 3 is 2.65 bits per heavy atom. The molecule has 1 atom stereocenters. The third kappa shape index (κ3) is 5.40. The van der Waals surface area contributed by atoms with Crippen LogP contribution in [0.3, 0.4) is 0 Å². The van der Waals surface area contributed by atoms with E-state index in [-0.39, 0.29) is 5.54 Å². The van der Waals surface area contributed by atoms with Gasteiger partial charge in [0.15, 0.2) is 0 Å². The van der Waals surface area contributed by atoms with Gasteiger partial charge in [0.25, 0.3) is 0 Å². The van der Waals surface area contributed by atoms with E-state index in [1.807, 2.05) is 0 Å². The normalized spacial score (nSPS) is 13.9. The number of aromatic nitrogens is 1. The smallest absolute Gasteiger partial charge is 0.0363 e. The second-order valence-electron chi connectivity index (χ2n) is 6.15. The van der Waals surface area contributed by atoms with Gasteiger partial charge in [0, 0.05) is 30.5 Å². The summed E-state index contributed by atoms with van der Waals surface area (Å²) in [5.74, 6) is 0.765. The van der Waals surface area contributed by atoms with Gasteiger partial charge >= 0.3 is 0 Å². The summed E-state index contributed by atoms with van der Waals surface area (Å²) in [7, 11) is 0. The topological polar surface area (TPSA) is 17.0 Å². The molecule has 0 saturated heterocycles. The van der Waals surface area contributed by atoms with Crippen LogP contribution in [0.5, 0.6) is 0 Å². The lowest BCUT2D eigenvalue weighted by Gasteiger charge is -2.22. The Morgan fingerprint density at radius 1 is 1.35 bits per heavy atom. The molecule has 17 heavy (non-hydrogen) atoms. The molecular weight excluding hydrogens is 208 g/mol. The number of rotatable bonds is 6. The summed E-state index contributed by atoms with van der Waals surface area (Å²) < 4.78 is 2.39. The Labute approximate surface area is 106 Å². The van der Waals surface area contributed by atoms with Gasteiger partial charge in [-0.05, 0) is 45.2 Å². The molecule has 0 aliphatic carbocycles. The molecule has 0 bridgehead atoms. The maximum absolute atomic E-state index is 3.55. The lowest BCUT2D eigenvalue weighted by molar-refractivity contribution is 0.399. The second kappa shape index (κ2) is 6.25. The molecule has 98 valence electrons. The fraction of sp³-hybridized carbons (Fsp3) is 0.733. The van der Waals surface area contributed by atoms with Gasteiger partial charge in [-0.3, -0.25) is 0 Å². The average Bonchev–Trinajstić information content (AvgIpc) is 2.61. The van der Waals surface area contributed by atoms with E-state index >= 15 is 0 Å². The molecule has 1 aromatic heterocycles. The molecule has 2 nitrogen and oxygen atoms in total. The number of hydrogen-bond acceptors (Lipinski definition) is 1. The Bertz CT molecular complexity index is 320. The first kappa shape index (κ1) is 14.3. The maximum Gasteiger partial charge on any atom is 0.0363 e. The summed E-state index contributed by atoms with van der Waals surface area (Å²) in [5.41, 5.74) is 1.58. The van der Waals surface area contributed by atoms with Gasteiger partial charge in [0.2, 0.25) is 0 Å². The molecule has 1 heterocycles. The van der Waals surface area contributed by atoms with Gasteiger partial charge in [-0.25, -0.2) is 0 Å². The van der Waals surface area contributed by atoms with Crippen molar-refractivity contribution in [3.05, 3.63) is 24.0 Å². The van der Waals surface area contributed by atoms with E-state index in [1.165, 1.54) is 18.5 Å². The highest BCUT2D eigenvalue weighted by Crippen LogP contribution is 2.12. The van der Waals surface area contributed by atoms with E-state index in [0.29, 0.717) is 0 Å². The van der Waals surface area contributed by atoms with Crippen LogP contribution in [0.2, 0.25) is 0 Å². The van der Waals surface area contributed by atoms with Crippen molar-refractivity contribution in [2.24, 2.45) is 5.92 Å². The zero-order valence-electron chi connectivity index (χ0n) is 12.1. The highest BCUT2D eigenvalue weighted by Gasteiger charge is 2.11. The number of nitrogens with one attached hydrogen (secondary N) is 1. The third-order valence-corrected chi connectivity index (χ3v) is 3.01. The molecule has 1 unspecified atom stereocenters. The molecule has 0 aromatic carbocycles. The molecule has 2 heteroatoms. The molecule has 0 saturated carbocycles. The lowest BCUT2D eigenvalue weighted by Crippen LogP contribution is -2.35. The van der Waals surface area contributed by atoms with Crippen LogP contribution in [0.4, 0.5) is 0 Å². The van der Waals surface area contributed by atoms with Crippen molar-refractivity contribution >= 4 is 0 Å². The predicted molar refractivity (Wildman–Crippen MR) is 75.1 cm³/mol. The van der Waals surface area contributed by atoms with Crippen LogP contribution < -0.4 is 5.32 Å². The van der Waals surface area contributed by atoms with Gasteiger partial charge in [-0.1, -0.05) is 20.3 Å². The SMILES string of the molecule is CCCC(C)Cn1cccc1CNC(C)(C)C. The van der Waals surface area contributed by atoms with Crippen LogP contribution >= 0.6 is 0 Å². The van der Waals surface area contributed by atoms with Crippen LogP contribution in [0.15, 0.2) is 18.3 Å². The predicted octanol–water partition coefficient (Wildman–Crippen LogP) is 3.81. The zero-order chi connectivity index (χ0) is 12.9. The van der Waals surface area contributed by atoms with E-state index in [1.54, 1.807) is 0 Å². The number of hydrogen-bond donors (Lipinski definition) is 1. The van der Waals surface area contributed by atoms with Crippen molar-refractivity contribution in [2.45, 2.75) is 66.1 Å². The van der Waals surface area contributed by atoms with Crippen LogP contribution in [-0.4, -0.2) is 10.1 Å². The van der Waals surface area contributed by atoms with E-state index in [9.17, 15) is 0 Å². The second-order valence-corrected chi connectivity index (χ2v) is 6.15. The van der Waals surface area contributed by atoms with Crippen LogP contribution in [-0.2, 0) is 13.1 Å². The van der Waals surface area contributed by atoms with E-state index in [0.717, 1.165) is 19.0 Å². The Hall–Kier alpha value is -0.760. The van der Waals surface area contributed by atoms with Gasteiger partial charge in [-0.2, -0.15) is 0 Å². The number of nitrogens with zero attached hydrogens (tertiary/aromatic N) is 1. The fourth-order valence-corrected chi connectivity index (χ4v) is 2.06. The third-order valence-electron chi connectivity index (χ3n) is 3.01. The molecule has 0 spiro atoms. The van der Waals surface area contributed by atoms with Gasteiger partial charge in [0.05, 0.1) is 0 Å². The minimum absolute atomic E-state index is 0.185. The summed E-state index contributed by atoms with van der Waals surface area (Å²) in [4.78, 5) is 0. The van der Waals surface area contributed by atoms with Crippen molar-refractivity contribution in [1.82, 2.24) is 9.88 Å². The average molecular weight is 236 g/mol. The standard InChI is InChI=1S/C15H28N2/c1-6-8-13(2)12-17-10-7-9-14(17)11-16-15(3,4)5/h7,9-10,13,16H,6,8,11-12H2,1-5H3. The van der Waals surface area contributed by atoms with Crippen LogP contribution in [0, 0.1) is 5.92 Å².